The number of aromatic amines is 1. The molecular formula is C12H14N4O2S. The summed E-state index contributed by atoms with van der Waals surface area (Å²) in [7, 11) is 0. The summed E-state index contributed by atoms with van der Waals surface area (Å²) in [6.07, 6.45) is 3.37. The lowest BCUT2D eigenvalue weighted by Crippen LogP contribution is -2.43. The van der Waals surface area contributed by atoms with Crippen LogP contribution in [0.1, 0.15) is 27.0 Å². The first-order valence-electron chi connectivity index (χ1n) is 6.04. The molecule has 19 heavy (non-hydrogen) atoms. The minimum Gasteiger partial charge on any atom is -0.377 e. The predicted octanol–water partition coefficient (Wildman–Crippen LogP) is 1.39. The van der Waals surface area contributed by atoms with Gasteiger partial charge >= 0.3 is 0 Å². The van der Waals surface area contributed by atoms with E-state index in [9.17, 15) is 4.79 Å². The Bertz CT molecular complexity index is 566. The zero-order valence-corrected chi connectivity index (χ0v) is 11.3. The summed E-state index contributed by atoms with van der Waals surface area (Å²) in [6, 6.07) is -0.106. The molecule has 1 aliphatic rings. The topological polar surface area (TPSA) is 71.1 Å². The zero-order valence-electron chi connectivity index (χ0n) is 10.5. The largest absolute Gasteiger partial charge is 0.377 e. The number of amides is 1. The van der Waals surface area contributed by atoms with Crippen molar-refractivity contribution in [1.29, 1.82) is 0 Å². The van der Waals surface area contributed by atoms with Gasteiger partial charge in [0, 0.05) is 6.54 Å². The quantitative estimate of drug-likeness (QED) is 0.901. The van der Waals surface area contributed by atoms with E-state index in [1.807, 2.05) is 11.8 Å². The number of morpholine rings is 1. The lowest BCUT2D eigenvalue weighted by molar-refractivity contribution is -0.00382. The van der Waals surface area contributed by atoms with Crippen molar-refractivity contribution < 1.29 is 9.53 Å². The van der Waals surface area contributed by atoms with Crippen LogP contribution in [-0.4, -0.2) is 45.7 Å². The number of carbonyl (C=O) groups excluding carboxylic acids is 1. The number of aromatic nitrogens is 3. The molecule has 0 spiro atoms. The lowest BCUT2D eigenvalue weighted by Gasteiger charge is -2.35. The maximum Gasteiger partial charge on any atom is 0.266 e. The highest BCUT2D eigenvalue weighted by Gasteiger charge is 2.31. The summed E-state index contributed by atoms with van der Waals surface area (Å²) in [5.41, 5.74) is 3.65. The Balaban J connectivity index is 1.90. The molecule has 3 heterocycles. The van der Waals surface area contributed by atoms with E-state index in [0.717, 1.165) is 11.3 Å². The highest BCUT2D eigenvalue weighted by atomic mass is 32.1. The average Bonchev–Trinajstić information content (AvgIpc) is 3.09. The van der Waals surface area contributed by atoms with Crippen LogP contribution in [0.5, 0.6) is 0 Å². The van der Waals surface area contributed by atoms with E-state index in [0.29, 0.717) is 24.6 Å². The van der Waals surface area contributed by atoms with Crippen LogP contribution in [0.2, 0.25) is 0 Å². The predicted molar refractivity (Wildman–Crippen MR) is 70.0 cm³/mol. The van der Waals surface area contributed by atoms with Crippen LogP contribution in [0.4, 0.5) is 0 Å². The molecule has 1 aliphatic heterocycles. The lowest BCUT2D eigenvalue weighted by atomic mass is 10.1. The molecule has 0 saturated carbocycles. The number of hydrogen-bond acceptors (Lipinski definition) is 5. The van der Waals surface area contributed by atoms with E-state index in [4.69, 9.17) is 4.74 Å². The zero-order chi connectivity index (χ0) is 13.2. The molecule has 2 aromatic rings. The molecule has 1 fully saturated rings. The second-order valence-corrected chi connectivity index (χ2v) is 5.31. The number of rotatable bonds is 2. The molecule has 6 nitrogen and oxygen atoms in total. The number of aryl methyl sites for hydroxylation is 1. The Labute approximate surface area is 114 Å². The van der Waals surface area contributed by atoms with Gasteiger partial charge in [0.15, 0.2) is 0 Å². The summed E-state index contributed by atoms with van der Waals surface area (Å²) in [5, 5.41) is 6.99. The molecule has 2 aromatic heterocycles. The van der Waals surface area contributed by atoms with Crippen molar-refractivity contribution in [3.8, 4) is 0 Å². The first kappa shape index (κ1) is 12.3. The number of H-pyrrole nitrogens is 1. The summed E-state index contributed by atoms with van der Waals surface area (Å²) in [4.78, 5) is 18.9. The standard InChI is InChI=1S/C12H14N4O2S/c1-8-4-14-15-11(8)9-6-18-3-2-16(9)12(17)10-5-13-7-19-10/h4-5,7,9H,2-3,6H2,1H3,(H,14,15)/t9-/m1/s1. The van der Waals surface area contributed by atoms with Gasteiger partial charge < -0.3 is 9.64 Å². The summed E-state index contributed by atoms with van der Waals surface area (Å²) in [5.74, 6) is 0.00444. The third-order valence-electron chi connectivity index (χ3n) is 3.23. The molecule has 1 saturated heterocycles. The fraction of sp³-hybridized carbons (Fsp3) is 0.417. The molecule has 1 amide bonds. The third-order valence-corrected chi connectivity index (χ3v) is 3.99. The highest BCUT2D eigenvalue weighted by Crippen LogP contribution is 2.27. The molecule has 0 aromatic carbocycles. The van der Waals surface area contributed by atoms with Gasteiger partial charge in [-0.25, -0.2) is 0 Å². The van der Waals surface area contributed by atoms with E-state index >= 15 is 0 Å². The number of carbonyl (C=O) groups is 1. The fourth-order valence-corrected chi connectivity index (χ4v) is 2.82. The van der Waals surface area contributed by atoms with Crippen LogP contribution in [0.25, 0.3) is 0 Å². The van der Waals surface area contributed by atoms with Gasteiger partial charge in [-0.3, -0.25) is 14.9 Å². The maximum atomic E-state index is 12.5. The number of nitrogens with zero attached hydrogens (tertiary/aromatic N) is 3. The minimum absolute atomic E-state index is 0.00444. The van der Waals surface area contributed by atoms with Crippen molar-refractivity contribution in [2.24, 2.45) is 0 Å². The van der Waals surface area contributed by atoms with Crippen LogP contribution in [-0.2, 0) is 4.74 Å². The van der Waals surface area contributed by atoms with Gasteiger partial charge in [0.2, 0.25) is 0 Å². The number of ether oxygens (including phenoxy) is 1. The monoisotopic (exact) mass is 278 g/mol. The van der Waals surface area contributed by atoms with Gasteiger partial charge in [-0.2, -0.15) is 5.10 Å². The third kappa shape index (κ3) is 2.26. The SMILES string of the molecule is Cc1cn[nH]c1[C@H]1COCCN1C(=O)c1cncs1. The Morgan fingerprint density at radius 2 is 2.47 bits per heavy atom. The molecule has 0 radical (unpaired) electrons. The van der Waals surface area contributed by atoms with Crippen LogP contribution in [0.15, 0.2) is 17.9 Å². The molecule has 0 unspecified atom stereocenters. The fourth-order valence-electron chi connectivity index (χ4n) is 2.24. The first-order chi connectivity index (χ1) is 9.27. The Hall–Kier alpha value is -1.73. The number of hydrogen-bond donors (Lipinski definition) is 1. The molecular weight excluding hydrogens is 264 g/mol. The van der Waals surface area contributed by atoms with Gasteiger partial charge in [-0.05, 0) is 12.5 Å². The molecule has 1 N–H and O–H groups in total. The molecule has 100 valence electrons. The smallest absolute Gasteiger partial charge is 0.266 e. The highest BCUT2D eigenvalue weighted by molar-refractivity contribution is 7.11. The summed E-state index contributed by atoms with van der Waals surface area (Å²) < 4.78 is 5.50. The molecule has 0 bridgehead atoms. The number of thiazole rings is 1. The van der Waals surface area contributed by atoms with Gasteiger partial charge in [0.05, 0.1) is 42.9 Å². The van der Waals surface area contributed by atoms with Gasteiger partial charge in [-0.1, -0.05) is 0 Å². The van der Waals surface area contributed by atoms with Crippen molar-refractivity contribution in [2.45, 2.75) is 13.0 Å². The van der Waals surface area contributed by atoms with E-state index in [2.05, 4.69) is 15.2 Å². The normalized spacial score (nSPS) is 19.6. The Kier molecular flexibility index (Phi) is 3.31. The Morgan fingerprint density at radius 3 is 3.16 bits per heavy atom. The molecule has 7 heteroatoms. The average molecular weight is 278 g/mol. The second kappa shape index (κ2) is 5.10. The van der Waals surface area contributed by atoms with Crippen LogP contribution < -0.4 is 0 Å². The van der Waals surface area contributed by atoms with Gasteiger partial charge in [0.1, 0.15) is 4.88 Å². The molecule has 3 rings (SSSR count). The first-order valence-corrected chi connectivity index (χ1v) is 6.92. The van der Waals surface area contributed by atoms with Crippen molar-refractivity contribution in [2.75, 3.05) is 19.8 Å². The van der Waals surface area contributed by atoms with Gasteiger partial charge in [0.25, 0.3) is 5.91 Å². The second-order valence-electron chi connectivity index (χ2n) is 4.42. The van der Waals surface area contributed by atoms with E-state index in [1.165, 1.54) is 11.3 Å². The van der Waals surface area contributed by atoms with Crippen molar-refractivity contribution in [1.82, 2.24) is 20.1 Å². The van der Waals surface area contributed by atoms with E-state index in [1.54, 1.807) is 17.9 Å². The van der Waals surface area contributed by atoms with E-state index < -0.39 is 0 Å². The Morgan fingerprint density at radius 1 is 1.58 bits per heavy atom. The van der Waals surface area contributed by atoms with Crippen molar-refractivity contribution >= 4 is 17.2 Å². The van der Waals surface area contributed by atoms with E-state index in [-0.39, 0.29) is 11.9 Å². The molecule has 1 atom stereocenters. The van der Waals surface area contributed by atoms with Crippen LogP contribution >= 0.6 is 11.3 Å². The minimum atomic E-state index is -0.106. The number of nitrogens with one attached hydrogen (secondary N) is 1. The van der Waals surface area contributed by atoms with Crippen molar-refractivity contribution in [3.05, 3.63) is 34.0 Å². The summed E-state index contributed by atoms with van der Waals surface area (Å²) in [6.45, 7) is 3.62. The van der Waals surface area contributed by atoms with Gasteiger partial charge in [-0.15, -0.1) is 11.3 Å². The summed E-state index contributed by atoms with van der Waals surface area (Å²) >= 11 is 1.36. The van der Waals surface area contributed by atoms with Crippen LogP contribution in [0, 0.1) is 6.92 Å². The van der Waals surface area contributed by atoms with Crippen LogP contribution in [0.3, 0.4) is 0 Å². The maximum absolute atomic E-state index is 12.5. The molecule has 0 aliphatic carbocycles. The van der Waals surface area contributed by atoms with Crippen molar-refractivity contribution in [3.63, 3.8) is 0 Å².